The maximum atomic E-state index is 13.2. The molecular weight excluding hydrogens is 427 g/mol. The molecule has 0 saturated carbocycles. The molecule has 28 heavy (non-hydrogen) atoms. The molecule has 3 N–H and O–H groups in total. The minimum Gasteiger partial charge on any atom is -0.378 e. The molecule has 1 atom stereocenters. The van der Waals surface area contributed by atoms with Gasteiger partial charge in [0.25, 0.3) is 5.91 Å². The van der Waals surface area contributed by atoms with Crippen LogP contribution >= 0.6 is 24.8 Å². The molecule has 160 valence electrons. The van der Waals surface area contributed by atoms with Gasteiger partial charge in [-0.3, -0.25) is 4.79 Å². The molecule has 11 heteroatoms. The van der Waals surface area contributed by atoms with Crippen LogP contribution in [-0.4, -0.2) is 71.7 Å². The lowest BCUT2D eigenvalue weighted by Gasteiger charge is -2.35. The average molecular weight is 455 g/mol. The van der Waals surface area contributed by atoms with E-state index in [1.807, 2.05) is 7.05 Å². The number of anilines is 1. The van der Waals surface area contributed by atoms with E-state index in [1.165, 1.54) is 12.1 Å². The van der Waals surface area contributed by atoms with Crippen LogP contribution in [0, 0.1) is 0 Å². The van der Waals surface area contributed by atoms with Gasteiger partial charge in [0.15, 0.2) is 0 Å². The number of halogens is 2. The van der Waals surface area contributed by atoms with Crippen molar-refractivity contribution in [2.45, 2.75) is 23.8 Å². The van der Waals surface area contributed by atoms with Crippen molar-refractivity contribution in [1.82, 2.24) is 10.2 Å². The number of benzene rings is 1. The SMILES string of the molecule is CNC1CCCN(C(=O)c2cc(S(N)(=O)=O)ccc2N2CCOCC2)C1.Cl.Cl. The van der Waals surface area contributed by atoms with Crippen molar-refractivity contribution >= 4 is 46.4 Å². The van der Waals surface area contributed by atoms with E-state index in [4.69, 9.17) is 9.88 Å². The van der Waals surface area contributed by atoms with Crippen molar-refractivity contribution in [2.24, 2.45) is 5.14 Å². The Labute approximate surface area is 178 Å². The highest BCUT2D eigenvalue weighted by molar-refractivity contribution is 7.89. The Balaban J connectivity index is 0.00000196. The molecule has 0 radical (unpaired) electrons. The zero-order chi connectivity index (χ0) is 18.7. The number of piperidine rings is 1. The van der Waals surface area contributed by atoms with Crippen LogP contribution in [0.2, 0.25) is 0 Å². The first-order valence-corrected chi connectivity index (χ1v) is 10.4. The number of hydrogen-bond acceptors (Lipinski definition) is 6. The number of likely N-dealkylation sites (tertiary alicyclic amines) is 1. The lowest BCUT2D eigenvalue weighted by atomic mass is 10.0. The van der Waals surface area contributed by atoms with Gasteiger partial charge in [0, 0.05) is 37.9 Å². The number of nitrogens with two attached hydrogens (primary N) is 1. The molecule has 3 rings (SSSR count). The van der Waals surface area contributed by atoms with Crippen LogP contribution in [0.25, 0.3) is 0 Å². The topological polar surface area (TPSA) is 105 Å². The number of primary sulfonamides is 1. The van der Waals surface area contributed by atoms with E-state index < -0.39 is 10.0 Å². The van der Waals surface area contributed by atoms with Crippen LogP contribution < -0.4 is 15.4 Å². The number of morpholine rings is 1. The second-order valence-corrected chi connectivity index (χ2v) is 8.26. The summed E-state index contributed by atoms with van der Waals surface area (Å²) in [6.45, 7) is 3.76. The molecule has 0 spiro atoms. The van der Waals surface area contributed by atoms with Gasteiger partial charge in [0.2, 0.25) is 10.0 Å². The summed E-state index contributed by atoms with van der Waals surface area (Å²) in [6.07, 6.45) is 1.94. The molecule has 1 aromatic carbocycles. The average Bonchev–Trinajstić information content (AvgIpc) is 2.67. The van der Waals surface area contributed by atoms with E-state index in [-0.39, 0.29) is 41.7 Å². The summed E-state index contributed by atoms with van der Waals surface area (Å²) in [5, 5.41) is 8.50. The molecule has 1 amide bonds. The predicted molar refractivity (Wildman–Crippen MR) is 113 cm³/mol. The van der Waals surface area contributed by atoms with E-state index in [0.29, 0.717) is 45.0 Å². The zero-order valence-corrected chi connectivity index (χ0v) is 18.2. The van der Waals surface area contributed by atoms with Gasteiger partial charge in [-0.05, 0) is 38.1 Å². The third-order valence-electron chi connectivity index (χ3n) is 5.00. The second-order valence-electron chi connectivity index (χ2n) is 6.70. The fourth-order valence-electron chi connectivity index (χ4n) is 3.51. The van der Waals surface area contributed by atoms with Gasteiger partial charge in [0.05, 0.1) is 23.7 Å². The minimum atomic E-state index is -3.88. The molecule has 8 nitrogen and oxygen atoms in total. The quantitative estimate of drug-likeness (QED) is 0.697. The van der Waals surface area contributed by atoms with Gasteiger partial charge in [-0.25, -0.2) is 13.6 Å². The Hall–Kier alpha value is -1.10. The number of carbonyl (C=O) groups excluding carboxylic acids is 1. The van der Waals surface area contributed by atoms with E-state index in [1.54, 1.807) is 11.0 Å². The maximum Gasteiger partial charge on any atom is 0.256 e. The first kappa shape index (κ1) is 24.9. The standard InChI is InChI=1S/C17H26N4O4S.2ClH/c1-19-13-3-2-6-21(12-13)17(22)15-11-14(26(18,23)24)4-5-16(15)20-7-9-25-10-8-20;;/h4-5,11,13,19H,2-3,6-10,12H2,1H3,(H2,18,23,24);2*1H. The molecule has 2 heterocycles. The molecule has 1 unspecified atom stereocenters. The summed E-state index contributed by atoms with van der Waals surface area (Å²) in [4.78, 5) is 17.0. The fraction of sp³-hybridized carbons (Fsp3) is 0.588. The summed E-state index contributed by atoms with van der Waals surface area (Å²) in [7, 11) is -1.99. The largest absolute Gasteiger partial charge is 0.378 e. The molecule has 2 saturated heterocycles. The van der Waals surface area contributed by atoms with Gasteiger partial charge in [-0.15, -0.1) is 24.8 Å². The van der Waals surface area contributed by atoms with Crippen LogP contribution in [-0.2, 0) is 14.8 Å². The Kier molecular flexibility index (Phi) is 9.45. The minimum absolute atomic E-state index is 0. The van der Waals surface area contributed by atoms with Gasteiger partial charge in [-0.2, -0.15) is 0 Å². The molecule has 0 aliphatic carbocycles. The number of nitrogens with one attached hydrogen (secondary N) is 1. The molecule has 0 bridgehead atoms. The highest BCUT2D eigenvalue weighted by Crippen LogP contribution is 2.27. The number of likely N-dealkylation sites (N-methyl/N-ethyl adjacent to an activating group) is 1. The Bertz CT molecular complexity index is 772. The number of ether oxygens (including phenoxy) is 1. The first-order chi connectivity index (χ1) is 12.4. The van der Waals surface area contributed by atoms with E-state index in [9.17, 15) is 13.2 Å². The molecule has 2 aliphatic rings. The Morgan fingerprint density at radius 3 is 2.50 bits per heavy atom. The highest BCUT2D eigenvalue weighted by Gasteiger charge is 2.28. The number of nitrogens with zero attached hydrogens (tertiary/aromatic N) is 2. The van der Waals surface area contributed by atoms with Crippen molar-refractivity contribution in [1.29, 1.82) is 0 Å². The zero-order valence-electron chi connectivity index (χ0n) is 15.8. The molecule has 2 fully saturated rings. The highest BCUT2D eigenvalue weighted by atomic mass is 35.5. The van der Waals surface area contributed by atoms with Gasteiger partial charge in [0.1, 0.15) is 0 Å². The maximum absolute atomic E-state index is 13.2. The van der Waals surface area contributed by atoms with Crippen LogP contribution in [0.1, 0.15) is 23.2 Å². The molecular formula is C17H28Cl2N4O4S. The summed E-state index contributed by atoms with van der Waals surface area (Å²) in [5.41, 5.74) is 1.12. The fourth-order valence-corrected chi connectivity index (χ4v) is 4.05. The second kappa shape index (κ2) is 10.6. The predicted octanol–water partition coefficient (Wildman–Crippen LogP) is 0.838. The molecule has 1 aromatic rings. The van der Waals surface area contributed by atoms with Crippen molar-refractivity contribution in [3.05, 3.63) is 23.8 Å². The monoisotopic (exact) mass is 454 g/mol. The third kappa shape index (κ3) is 5.71. The number of rotatable bonds is 4. The van der Waals surface area contributed by atoms with Gasteiger partial charge >= 0.3 is 0 Å². The van der Waals surface area contributed by atoms with Crippen molar-refractivity contribution in [2.75, 3.05) is 51.3 Å². The van der Waals surface area contributed by atoms with Gasteiger partial charge < -0.3 is 19.9 Å². The number of carbonyl (C=O) groups is 1. The summed E-state index contributed by atoms with van der Waals surface area (Å²) < 4.78 is 28.9. The first-order valence-electron chi connectivity index (χ1n) is 8.86. The summed E-state index contributed by atoms with van der Waals surface area (Å²) >= 11 is 0. The smallest absolute Gasteiger partial charge is 0.256 e. The van der Waals surface area contributed by atoms with Crippen LogP contribution in [0.4, 0.5) is 5.69 Å². The van der Waals surface area contributed by atoms with Crippen molar-refractivity contribution in [3.63, 3.8) is 0 Å². The molecule has 0 aromatic heterocycles. The van der Waals surface area contributed by atoms with Crippen LogP contribution in [0.5, 0.6) is 0 Å². The van der Waals surface area contributed by atoms with E-state index in [2.05, 4.69) is 10.2 Å². The lowest BCUT2D eigenvalue weighted by molar-refractivity contribution is 0.0697. The van der Waals surface area contributed by atoms with E-state index >= 15 is 0 Å². The number of hydrogen-bond donors (Lipinski definition) is 2. The van der Waals surface area contributed by atoms with Crippen molar-refractivity contribution in [3.8, 4) is 0 Å². The Morgan fingerprint density at radius 2 is 1.89 bits per heavy atom. The van der Waals surface area contributed by atoms with Crippen LogP contribution in [0.3, 0.4) is 0 Å². The van der Waals surface area contributed by atoms with Gasteiger partial charge in [-0.1, -0.05) is 0 Å². The van der Waals surface area contributed by atoms with Crippen LogP contribution in [0.15, 0.2) is 23.1 Å². The number of sulfonamides is 1. The lowest BCUT2D eigenvalue weighted by Crippen LogP contribution is -2.47. The van der Waals surface area contributed by atoms with Crippen molar-refractivity contribution < 1.29 is 17.9 Å². The summed E-state index contributed by atoms with van der Waals surface area (Å²) in [6, 6.07) is 4.80. The Morgan fingerprint density at radius 1 is 1.21 bits per heavy atom. The van der Waals surface area contributed by atoms with E-state index in [0.717, 1.165) is 18.5 Å². The molecule has 2 aliphatic heterocycles. The number of amides is 1. The third-order valence-corrected chi connectivity index (χ3v) is 5.91. The normalized spacial score (nSPS) is 20.1. The summed E-state index contributed by atoms with van der Waals surface area (Å²) in [5.74, 6) is -0.156.